The highest BCUT2D eigenvalue weighted by atomic mass is 16.4. The Labute approximate surface area is 127 Å². The van der Waals surface area contributed by atoms with Gasteiger partial charge in [0.25, 0.3) is 0 Å². The minimum absolute atomic E-state index is 0.505. The van der Waals surface area contributed by atoms with E-state index in [0.717, 1.165) is 11.1 Å². The molecule has 0 saturated carbocycles. The second kappa shape index (κ2) is 8.45. The van der Waals surface area contributed by atoms with Gasteiger partial charge in [0.05, 0.1) is 0 Å². The summed E-state index contributed by atoms with van der Waals surface area (Å²) in [5.74, 6) is 0. The van der Waals surface area contributed by atoms with E-state index in [2.05, 4.69) is 25.1 Å². The van der Waals surface area contributed by atoms with E-state index in [1.807, 2.05) is 45.0 Å². The Hall–Kier alpha value is -1.84. The Morgan fingerprint density at radius 1 is 0.952 bits per heavy atom. The van der Waals surface area contributed by atoms with Crippen molar-refractivity contribution < 1.29 is 10.0 Å². The molecule has 0 aliphatic rings. The van der Waals surface area contributed by atoms with E-state index < -0.39 is 7.12 Å². The van der Waals surface area contributed by atoms with Crippen LogP contribution >= 0.6 is 0 Å². The Morgan fingerprint density at radius 3 is 2.24 bits per heavy atom. The predicted octanol–water partition coefficient (Wildman–Crippen LogP) is 3.40. The molecule has 0 aliphatic carbocycles. The Morgan fingerprint density at radius 2 is 1.62 bits per heavy atom. The molecule has 2 aromatic rings. The number of benzene rings is 2. The molecule has 0 radical (unpaired) electrons. The highest BCUT2D eigenvalue weighted by Crippen LogP contribution is 2.22. The lowest BCUT2D eigenvalue weighted by Gasteiger charge is -2.08. The predicted molar refractivity (Wildman–Crippen MR) is 92.5 cm³/mol. The summed E-state index contributed by atoms with van der Waals surface area (Å²) in [5, 5.41) is 18.4. The van der Waals surface area contributed by atoms with Gasteiger partial charge in [-0.15, -0.1) is 0 Å². The van der Waals surface area contributed by atoms with E-state index in [0.29, 0.717) is 5.46 Å². The summed E-state index contributed by atoms with van der Waals surface area (Å²) in [5.41, 5.74) is 4.96. The maximum absolute atomic E-state index is 9.22. The molecule has 0 spiro atoms. The molecule has 110 valence electrons. The van der Waals surface area contributed by atoms with Gasteiger partial charge < -0.3 is 10.0 Å². The first-order chi connectivity index (χ1) is 10.1. The summed E-state index contributed by atoms with van der Waals surface area (Å²) in [7, 11) is -1.43. The van der Waals surface area contributed by atoms with Crippen LogP contribution in [-0.2, 0) is 0 Å². The van der Waals surface area contributed by atoms with Crippen molar-refractivity contribution in [2.75, 3.05) is 0 Å². The maximum atomic E-state index is 9.22. The number of hydrogen-bond acceptors (Lipinski definition) is 2. The van der Waals surface area contributed by atoms with Gasteiger partial charge >= 0.3 is 7.12 Å². The van der Waals surface area contributed by atoms with Gasteiger partial charge in [-0.2, -0.15) is 0 Å². The van der Waals surface area contributed by atoms with Crippen LogP contribution < -0.4 is 5.46 Å². The molecule has 3 heteroatoms. The third-order valence-electron chi connectivity index (χ3n) is 3.14. The lowest BCUT2D eigenvalue weighted by atomic mass is 9.79. The quantitative estimate of drug-likeness (QED) is 0.847. The van der Waals surface area contributed by atoms with Gasteiger partial charge in [0.15, 0.2) is 0 Å². The van der Waals surface area contributed by atoms with Crippen LogP contribution in [0.15, 0.2) is 48.5 Å². The molecule has 0 fully saturated rings. The molecule has 0 atom stereocenters. The SMILES string of the molecule is C/C=C\c1cc(-c2cccc(B(O)O)c2)ccc1C.CC. The van der Waals surface area contributed by atoms with Crippen molar-refractivity contribution >= 4 is 18.7 Å². The van der Waals surface area contributed by atoms with Crippen LogP contribution in [-0.4, -0.2) is 17.2 Å². The fourth-order valence-electron chi connectivity index (χ4n) is 2.06. The molecule has 0 unspecified atom stereocenters. The molecule has 0 aromatic heterocycles. The molecule has 21 heavy (non-hydrogen) atoms. The minimum Gasteiger partial charge on any atom is -0.423 e. The zero-order valence-electron chi connectivity index (χ0n) is 13.2. The summed E-state index contributed by atoms with van der Waals surface area (Å²) in [6.45, 7) is 8.07. The van der Waals surface area contributed by atoms with Gasteiger partial charge in [-0.3, -0.25) is 0 Å². The van der Waals surface area contributed by atoms with Crippen LogP contribution in [0, 0.1) is 6.92 Å². The second-order valence-corrected chi connectivity index (χ2v) is 4.57. The fourth-order valence-corrected chi connectivity index (χ4v) is 2.06. The number of hydrogen-bond donors (Lipinski definition) is 2. The average molecular weight is 282 g/mol. The van der Waals surface area contributed by atoms with E-state index in [1.54, 1.807) is 12.1 Å². The van der Waals surface area contributed by atoms with Gasteiger partial charge in [-0.25, -0.2) is 0 Å². The van der Waals surface area contributed by atoms with Crippen LogP contribution in [0.3, 0.4) is 0 Å². The van der Waals surface area contributed by atoms with Crippen molar-refractivity contribution in [2.45, 2.75) is 27.7 Å². The second-order valence-electron chi connectivity index (χ2n) is 4.57. The minimum atomic E-state index is -1.43. The van der Waals surface area contributed by atoms with Crippen molar-refractivity contribution in [2.24, 2.45) is 0 Å². The first-order valence-electron chi connectivity index (χ1n) is 7.31. The summed E-state index contributed by atoms with van der Waals surface area (Å²) >= 11 is 0. The highest BCUT2D eigenvalue weighted by molar-refractivity contribution is 6.58. The summed E-state index contributed by atoms with van der Waals surface area (Å²) in [6, 6.07) is 13.5. The monoisotopic (exact) mass is 282 g/mol. The standard InChI is InChI=1S/C16H17BO2.C2H6/c1-3-5-13-10-15(9-8-12(13)2)14-6-4-7-16(11-14)17(18)19;1-2/h3-11,18-19H,1-2H3;1-2H3/b5-3-;. The van der Waals surface area contributed by atoms with Crippen LogP contribution in [0.5, 0.6) is 0 Å². The molecule has 2 nitrogen and oxygen atoms in total. The molecular weight excluding hydrogens is 259 g/mol. The first-order valence-corrected chi connectivity index (χ1v) is 7.31. The molecule has 0 heterocycles. The number of rotatable bonds is 3. The maximum Gasteiger partial charge on any atom is 0.488 e. The smallest absolute Gasteiger partial charge is 0.423 e. The fraction of sp³-hybridized carbons (Fsp3) is 0.222. The average Bonchev–Trinajstić information content (AvgIpc) is 2.52. The lowest BCUT2D eigenvalue weighted by molar-refractivity contribution is 0.426. The van der Waals surface area contributed by atoms with Crippen LogP contribution in [0.1, 0.15) is 31.9 Å². The van der Waals surface area contributed by atoms with E-state index >= 15 is 0 Å². The van der Waals surface area contributed by atoms with Crippen molar-refractivity contribution in [3.8, 4) is 11.1 Å². The molecule has 0 bridgehead atoms. The first kappa shape index (κ1) is 17.2. The molecule has 0 aliphatic heterocycles. The molecule has 2 rings (SSSR count). The van der Waals surface area contributed by atoms with Crippen molar-refractivity contribution in [3.63, 3.8) is 0 Å². The van der Waals surface area contributed by atoms with Crippen molar-refractivity contribution in [1.29, 1.82) is 0 Å². The highest BCUT2D eigenvalue weighted by Gasteiger charge is 2.11. The summed E-state index contributed by atoms with van der Waals surface area (Å²) in [6.07, 6.45) is 4.09. The van der Waals surface area contributed by atoms with Gasteiger partial charge in [0.2, 0.25) is 0 Å². The van der Waals surface area contributed by atoms with Crippen LogP contribution in [0.25, 0.3) is 17.2 Å². The van der Waals surface area contributed by atoms with E-state index in [4.69, 9.17) is 0 Å². The van der Waals surface area contributed by atoms with Crippen LogP contribution in [0.2, 0.25) is 0 Å². The lowest BCUT2D eigenvalue weighted by Crippen LogP contribution is -2.29. The summed E-state index contributed by atoms with van der Waals surface area (Å²) < 4.78 is 0. The van der Waals surface area contributed by atoms with Gasteiger partial charge in [0, 0.05) is 0 Å². The largest absolute Gasteiger partial charge is 0.488 e. The van der Waals surface area contributed by atoms with Gasteiger partial charge in [-0.05, 0) is 47.6 Å². The third kappa shape index (κ3) is 4.59. The normalized spacial score (nSPS) is 10.2. The van der Waals surface area contributed by atoms with Crippen molar-refractivity contribution in [1.82, 2.24) is 0 Å². The van der Waals surface area contributed by atoms with Crippen LogP contribution in [0.4, 0.5) is 0 Å². The van der Waals surface area contributed by atoms with E-state index in [-0.39, 0.29) is 0 Å². The Bertz CT molecular complexity index is 604. The number of aryl methyl sites for hydroxylation is 1. The molecule has 2 N–H and O–H groups in total. The third-order valence-corrected chi connectivity index (χ3v) is 3.14. The zero-order chi connectivity index (χ0) is 15.8. The Balaban J connectivity index is 0.00000106. The van der Waals surface area contributed by atoms with Gasteiger partial charge in [0.1, 0.15) is 0 Å². The van der Waals surface area contributed by atoms with E-state index in [1.165, 1.54) is 11.1 Å². The Kier molecular flexibility index (Phi) is 6.93. The molecule has 0 amide bonds. The molecule has 0 saturated heterocycles. The number of allylic oxidation sites excluding steroid dienone is 1. The van der Waals surface area contributed by atoms with Gasteiger partial charge in [-0.1, -0.05) is 62.4 Å². The van der Waals surface area contributed by atoms with Crippen molar-refractivity contribution in [3.05, 3.63) is 59.7 Å². The molecular formula is C18H23BO2. The topological polar surface area (TPSA) is 40.5 Å². The summed E-state index contributed by atoms with van der Waals surface area (Å²) in [4.78, 5) is 0. The zero-order valence-corrected chi connectivity index (χ0v) is 13.2. The van der Waals surface area contributed by atoms with E-state index in [9.17, 15) is 10.0 Å². The molecule has 2 aromatic carbocycles.